The van der Waals surface area contributed by atoms with E-state index in [9.17, 15) is 0 Å². The van der Waals surface area contributed by atoms with Gasteiger partial charge < -0.3 is 5.32 Å². The Bertz CT molecular complexity index is 528. The second-order valence-corrected chi connectivity index (χ2v) is 5.23. The van der Waals surface area contributed by atoms with Crippen LogP contribution in [0.1, 0.15) is 29.7 Å². The third-order valence-corrected chi connectivity index (χ3v) is 3.19. The summed E-state index contributed by atoms with van der Waals surface area (Å²) >= 11 is 5.98. The van der Waals surface area contributed by atoms with Gasteiger partial charge >= 0.3 is 0 Å². The topological polar surface area (TPSA) is 12.0 Å². The number of hydrogen-bond donors (Lipinski definition) is 1. The molecule has 1 atom stereocenters. The number of hydrogen-bond acceptors (Lipinski definition) is 1. The van der Waals surface area contributed by atoms with Crippen molar-refractivity contribution in [2.75, 3.05) is 5.32 Å². The fourth-order valence-corrected chi connectivity index (χ4v) is 2.36. The summed E-state index contributed by atoms with van der Waals surface area (Å²) in [5, 5.41) is 4.23. The van der Waals surface area contributed by atoms with Gasteiger partial charge in [0.2, 0.25) is 0 Å². The van der Waals surface area contributed by atoms with Gasteiger partial charge in [-0.15, -0.1) is 0 Å². The van der Waals surface area contributed by atoms with Crippen LogP contribution < -0.4 is 5.32 Å². The monoisotopic (exact) mass is 259 g/mol. The predicted molar refractivity (Wildman–Crippen MR) is 79.4 cm³/mol. The number of benzene rings is 2. The van der Waals surface area contributed by atoms with Crippen molar-refractivity contribution in [3.05, 3.63) is 64.2 Å². The molecule has 1 unspecified atom stereocenters. The molecular weight excluding hydrogens is 242 g/mol. The average Bonchev–Trinajstić information content (AvgIpc) is 2.27. The third kappa shape index (κ3) is 3.27. The standard InChI is InChI=1S/C16H18ClN/c1-11-7-12(2)9-14(8-11)13(3)18-16-6-4-5-15(17)10-16/h4-10,13,18H,1-3H3. The van der Waals surface area contributed by atoms with E-state index in [1.165, 1.54) is 16.7 Å². The zero-order chi connectivity index (χ0) is 13.1. The Hall–Kier alpha value is -1.47. The van der Waals surface area contributed by atoms with E-state index in [0.717, 1.165) is 10.7 Å². The maximum absolute atomic E-state index is 5.98. The van der Waals surface area contributed by atoms with Gasteiger partial charge in [0.1, 0.15) is 0 Å². The number of halogens is 1. The van der Waals surface area contributed by atoms with Crippen LogP contribution in [0.2, 0.25) is 5.02 Å². The largest absolute Gasteiger partial charge is 0.378 e. The summed E-state index contributed by atoms with van der Waals surface area (Å²) in [6.07, 6.45) is 0. The van der Waals surface area contributed by atoms with Crippen LogP contribution in [0.3, 0.4) is 0 Å². The van der Waals surface area contributed by atoms with Gasteiger partial charge in [-0.05, 0) is 44.5 Å². The van der Waals surface area contributed by atoms with Crippen molar-refractivity contribution in [3.63, 3.8) is 0 Å². The summed E-state index contributed by atoms with van der Waals surface area (Å²) in [6.45, 7) is 6.42. The Labute approximate surface area is 114 Å². The lowest BCUT2D eigenvalue weighted by molar-refractivity contribution is 0.881. The summed E-state index contributed by atoms with van der Waals surface area (Å²) in [6, 6.07) is 14.7. The fraction of sp³-hybridized carbons (Fsp3) is 0.250. The molecule has 0 aliphatic carbocycles. The van der Waals surface area contributed by atoms with E-state index in [4.69, 9.17) is 11.6 Å². The fourth-order valence-electron chi connectivity index (χ4n) is 2.17. The lowest BCUT2D eigenvalue weighted by atomic mass is 10.0. The van der Waals surface area contributed by atoms with Crippen molar-refractivity contribution >= 4 is 17.3 Å². The number of rotatable bonds is 3. The van der Waals surface area contributed by atoms with E-state index in [1.54, 1.807) is 0 Å². The Morgan fingerprint density at radius 1 is 1.00 bits per heavy atom. The highest BCUT2D eigenvalue weighted by Crippen LogP contribution is 2.23. The number of aryl methyl sites for hydroxylation is 2. The van der Waals surface area contributed by atoms with Gasteiger partial charge in [0, 0.05) is 16.8 Å². The first-order valence-electron chi connectivity index (χ1n) is 6.15. The molecule has 1 nitrogen and oxygen atoms in total. The Kier molecular flexibility index (Phi) is 3.93. The molecule has 0 bridgehead atoms. The zero-order valence-electron chi connectivity index (χ0n) is 11.0. The Balaban J connectivity index is 2.19. The third-order valence-electron chi connectivity index (χ3n) is 2.95. The summed E-state index contributed by atoms with van der Waals surface area (Å²) in [5.74, 6) is 0. The summed E-state index contributed by atoms with van der Waals surface area (Å²) in [5.41, 5.74) is 4.94. The van der Waals surface area contributed by atoms with Gasteiger partial charge in [0.05, 0.1) is 0 Å². The first-order valence-corrected chi connectivity index (χ1v) is 6.53. The smallest absolute Gasteiger partial charge is 0.0485 e. The molecule has 0 spiro atoms. The molecule has 2 rings (SSSR count). The van der Waals surface area contributed by atoms with Crippen molar-refractivity contribution in [2.45, 2.75) is 26.8 Å². The average molecular weight is 260 g/mol. The Morgan fingerprint density at radius 2 is 1.67 bits per heavy atom. The highest BCUT2D eigenvalue weighted by atomic mass is 35.5. The van der Waals surface area contributed by atoms with Crippen LogP contribution in [0.5, 0.6) is 0 Å². The normalized spacial score (nSPS) is 12.2. The van der Waals surface area contributed by atoms with Crippen LogP contribution in [0.4, 0.5) is 5.69 Å². The molecule has 2 aromatic rings. The zero-order valence-corrected chi connectivity index (χ0v) is 11.8. The molecule has 0 amide bonds. The molecule has 0 heterocycles. The van der Waals surface area contributed by atoms with E-state index < -0.39 is 0 Å². The number of anilines is 1. The molecule has 0 saturated carbocycles. The van der Waals surface area contributed by atoms with E-state index >= 15 is 0 Å². The molecule has 18 heavy (non-hydrogen) atoms. The van der Waals surface area contributed by atoms with E-state index in [2.05, 4.69) is 44.3 Å². The molecule has 0 aliphatic rings. The number of nitrogens with one attached hydrogen (secondary N) is 1. The van der Waals surface area contributed by atoms with Crippen molar-refractivity contribution < 1.29 is 0 Å². The minimum atomic E-state index is 0.266. The molecule has 0 fully saturated rings. The molecule has 94 valence electrons. The quantitative estimate of drug-likeness (QED) is 0.806. The summed E-state index contributed by atoms with van der Waals surface area (Å²) in [4.78, 5) is 0. The molecule has 0 aromatic heterocycles. The SMILES string of the molecule is Cc1cc(C)cc(C(C)Nc2cccc(Cl)c2)c1. The molecule has 0 radical (unpaired) electrons. The highest BCUT2D eigenvalue weighted by Gasteiger charge is 2.06. The maximum Gasteiger partial charge on any atom is 0.0485 e. The van der Waals surface area contributed by atoms with Crippen LogP contribution in [0.25, 0.3) is 0 Å². The predicted octanol–water partition coefficient (Wildman–Crippen LogP) is 5.13. The Morgan fingerprint density at radius 3 is 2.28 bits per heavy atom. The molecular formula is C16H18ClN. The molecule has 0 aliphatic heterocycles. The summed E-state index contributed by atoms with van der Waals surface area (Å²) < 4.78 is 0. The van der Waals surface area contributed by atoms with E-state index in [1.807, 2.05) is 24.3 Å². The van der Waals surface area contributed by atoms with Crippen LogP contribution >= 0.6 is 11.6 Å². The minimum Gasteiger partial charge on any atom is -0.378 e. The minimum absolute atomic E-state index is 0.266. The first kappa shape index (κ1) is 13.0. The molecule has 1 N–H and O–H groups in total. The van der Waals surface area contributed by atoms with Crippen molar-refractivity contribution in [2.24, 2.45) is 0 Å². The van der Waals surface area contributed by atoms with Crippen molar-refractivity contribution in [1.82, 2.24) is 0 Å². The van der Waals surface area contributed by atoms with Gasteiger partial charge in [0.25, 0.3) is 0 Å². The van der Waals surface area contributed by atoms with Gasteiger partial charge in [-0.25, -0.2) is 0 Å². The van der Waals surface area contributed by atoms with Crippen LogP contribution in [-0.2, 0) is 0 Å². The van der Waals surface area contributed by atoms with E-state index in [0.29, 0.717) is 0 Å². The van der Waals surface area contributed by atoms with Crippen LogP contribution in [0.15, 0.2) is 42.5 Å². The van der Waals surface area contributed by atoms with Crippen LogP contribution in [0, 0.1) is 13.8 Å². The van der Waals surface area contributed by atoms with E-state index in [-0.39, 0.29) is 6.04 Å². The van der Waals surface area contributed by atoms with Gasteiger partial charge in [-0.1, -0.05) is 47.0 Å². The van der Waals surface area contributed by atoms with Gasteiger partial charge in [-0.2, -0.15) is 0 Å². The lowest BCUT2D eigenvalue weighted by Crippen LogP contribution is -2.07. The highest BCUT2D eigenvalue weighted by molar-refractivity contribution is 6.30. The van der Waals surface area contributed by atoms with Crippen molar-refractivity contribution in [3.8, 4) is 0 Å². The maximum atomic E-state index is 5.98. The molecule has 0 saturated heterocycles. The van der Waals surface area contributed by atoms with Crippen molar-refractivity contribution in [1.29, 1.82) is 0 Å². The summed E-state index contributed by atoms with van der Waals surface area (Å²) in [7, 11) is 0. The second-order valence-electron chi connectivity index (χ2n) is 4.80. The van der Waals surface area contributed by atoms with Crippen LogP contribution in [-0.4, -0.2) is 0 Å². The van der Waals surface area contributed by atoms with Gasteiger partial charge in [0.15, 0.2) is 0 Å². The molecule has 2 aromatic carbocycles. The van der Waals surface area contributed by atoms with Gasteiger partial charge in [-0.3, -0.25) is 0 Å². The lowest BCUT2D eigenvalue weighted by Gasteiger charge is -2.17. The first-order chi connectivity index (χ1) is 8.54. The molecule has 2 heteroatoms. The second kappa shape index (κ2) is 5.45.